The van der Waals surface area contributed by atoms with Crippen LogP contribution in [0.2, 0.25) is 0 Å². The summed E-state index contributed by atoms with van der Waals surface area (Å²) in [5, 5.41) is 4.57. The monoisotopic (exact) mass is 519 g/mol. The molecule has 1 aliphatic rings. The van der Waals surface area contributed by atoms with Gasteiger partial charge in [0.15, 0.2) is 0 Å². The first-order chi connectivity index (χ1) is 19.0. The van der Waals surface area contributed by atoms with Gasteiger partial charge < -0.3 is 10.3 Å². The molecule has 3 heterocycles. The first-order valence-electron chi connectivity index (χ1n) is 14.2. The number of fused-ring (bicyclic) bond motifs is 1. The van der Waals surface area contributed by atoms with Crippen LogP contribution in [0.15, 0.2) is 60.0 Å². The highest BCUT2D eigenvalue weighted by molar-refractivity contribution is 5.94. The minimum atomic E-state index is -0.0631. The molecule has 0 saturated carbocycles. The lowest BCUT2D eigenvalue weighted by molar-refractivity contribution is 0.455. The highest BCUT2D eigenvalue weighted by Crippen LogP contribution is 2.34. The van der Waals surface area contributed by atoms with Gasteiger partial charge in [0.05, 0.1) is 28.9 Å². The van der Waals surface area contributed by atoms with Crippen LogP contribution in [0.4, 0.5) is 0 Å². The highest BCUT2D eigenvalue weighted by Gasteiger charge is 2.19. The van der Waals surface area contributed by atoms with Gasteiger partial charge in [0.2, 0.25) is 0 Å². The molecule has 1 atom stereocenters. The van der Waals surface area contributed by atoms with Crippen molar-refractivity contribution in [2.45, 2.75) is 60.3 Å². The molecule has 0 bridgehead atoms. The zero-order valence-corrected chi connectivity index (χ0v) is 24.0. The summed E-state index contributed by atoms with van der Waals surface area (Å²) in [6.45, 7) is 12.8. The van der Waals surface area contributed by atoms with Crippen molar-refractivity contribution in [2.75, 3.05) is 13.1 Å². The fourth-order valence-electron chi connectivity index (χ4n) is 5.23. The Kier molecular flexibility index (Phi) is 9.68. The van der Waals surface area contributed by atoms with E-state index in [0.29, 0.717) is 5.92 Å². The van der Waals surface area contributed by atoms with Crippen molar-refractivity contribution < 1.29 is 0 Å². The predicted octanol–water partition coefficient (Wildman–Crippen LogP) is 7.76. The van der Waals surface area contributed by atoms with Gasteiger partial charge in [0.1, 0.15) is 0 Å². The van der Waals surface area contributed by atoms with Crippen LogP contribution >= 0.6 is 0 Å². The van der Waals surface area contributed by atoms with E-state index in [0.717, 1.165) is 83.5 Å². The standard InChI is InChI=1S/C34H41N5/c1-7-10-11-13-28(23(4)9-3)34-33(37-22-38-34)27-14-15-31-29(20-27)24(5)30(21-36-31)32(12-8-2)39-25(6)26-16-18-35-19-17-26/h3,10-15,20-23,26,35H,7-8,16-19H2,1-2,4-6H3,(H,37,38)/b11-10-,28-13+,32-12-,39-25?. The molecule has 1 aromatic carbocycles. The second-order valence-electron chi connectivity index (χ2n) is 10.3. The van der Waals surface area contributed by atoms with Gasteiger partial charge in [-0.05, 0) is 88.7 Å². The Morgan fingerprint density at radius 3 is 2.72 bits per heavy atom. The van der Waals surface area contributed by atoms with Gasteiger partial charge in [0, 0.05) is 34.3 Å². The third kappa shape index (κ3) is 6.46. The summed E-state index contributed by atoms with van der Waals surface area (Å²) in [4.78, 5) is 18.1. The van der Waals surface area contributed by atoms with E-state index in [1.54, 1.807) is 6.33 Å². The number of rotatable bonds is 9. The molecule has 5 heteroatoms. The molecule has 4 rings (SSSR count). The van der Waals surface area contributed by atoms with Gasteiger partial charge in [-0.15, -0.1) is 6.42 Å². The number of aromatic amines is 1. The molecule has 1 fully saturated rings. The summed E-state index contributed by atoms with van der Waals surface area (Å²) in [5.74, 6) is 3.35. The van der Waals surface area contributed by atoms with E-state index in [4.69, 9.17) is 21.4 Å². The Morgan fingerprint density at radius 2 is 2.00 bits per heavy atom. The SMILES string of the molecule is C#CC(C)/C(=C\C=C/CC)c1nc[nH]c1-c1ccc2ncc(/C(=C/CC)N=C(C)C3CCNCC3)c(C)c2c1. The molecular weight excluding hydrogens is 478 g/mol. The van der Waals surface area contributed by atoms with E-state index < -0.39 is 0 Å². The van der Waals surface area contributed by atoms with Crippen molar-refractivity contribution in [3.8, 4) is 23.6 Å². The molecular formula is C34H41N5. The minimum Gasteiger partial charge on any atom is -0.344 e. The molecule has 0 radical (unpaired) electrons. The average molecular weight is 520 g/mol. The summed E-state index contributed by atoms with van der Waals surface area (Å²) in [6.07, 6.45) is 22.2. The summed E-state index contributed by atoms with van der Waals surface area (Å²) >= 11 is 0. The molecule has 1 unspecified atom stereocenters. The van der Waals surface area contributed by atoms with Crippen LogP contribution in [0.3, 0.4) is 0 Å². The molecule has 0 spiro atoms. The lowest BCUT2D eigenvalue weighted by Gasteiger charge is -2.23. The van der Waals surface area contributed by atoms with Gasteiger partial charge in [0.25, 0.3) is 0 Å². The minimum absolute atomic E-state index is 0.0631. The van der Waals surface area contributed by atoms with E-state index in [1.165, 1.54) is 11.3 Å². The van der Waals surface area contributed by atoms with Crippen LogP contribution in [0.5, 0.6) is 0 Å². The molecule has 39 heavy (non-hydrogen) atoms. The number of H-pyrrole nitrogens is 1. The lowest BCUT2D eigenvalue weighted by Crippen LogP contribution is -2.31. The number of hydrogen-bond acceptors (Lipinski definition) is 4. The highest BCUT2D eigenvalue weighted by atomic mass is 14.9. The second-order valence-corrected chi connectivity index (χ2v) is 10.3. The zero-order valence-electron chi connectivity index (χ0n) is 24.0. The number of pyridine rings is 1. The van der Waals surface area contributed by atoms with E-state index in [9.17, 15) is 0 Å². The summed E-state index contributed by atoms with van der Waals surface area (Å²) in [5.41, 5.74) is 9.40. The van der Waals surface area contributed by atoms with Crippen LogP contribution in [0, 0.1) is 31.1 Å². The predicted molar refractivity (Wildman–Crippen MR) is 166 cm³/mol. The third-order valence-electron chi connectivity index (χ3n) is 7.60. The fraction of sp³-hybridized carbons (Fsp3) is 0.382. The van der Waals surface area contributed by atoms with Gasteiger partial charge >= 0.3 is 0 Å². The number of hydrogen-bond donors (Lipinski definition) is 2. The third-order valence-corrected chi connectivity index (χ3v) is 7.60. The molecule has 1 aliphatic heterocycles. The van der Waals surface area contributed by atoms with E-state index in [2.05, 4.69) is 86.4 Å². The van der Waals surface area contributed by atoms with Crippen LogP contribution in [-0.4, -0.2) is 33.8 Å². The number of benzene rings is 1. The van der Waals surface area contributed by atoms with Crippen LogP contribution in [-0.2, 0) is 0 Å². The smallest absolute Gasteiger partial charge is 0.0933 e. The Hall–Kier alpha value is -3.75. The Balaban J connectivity index is 1.78. The van der Waals surface area contributed by atoms with Crippen molar-refractivity contribution >= 4 is 27.9 Å². The number of aryl methyl sites for hydroxylation is 1. The second kappa shape index (κ2) is 13.4. The molecule has 3 aromatic rings. The van der Waals surface area contributed by atoms with Gasteiger partial charge in [-0.2, -0.15) is 0 Å². The number of aliphatic imine (C=N–C) groups is 1. The molecule has 5 nitrogen and oxygen atoms in total. The van der Waals surface area contributed by atoms with Crippen molar-refractivity contribution in [1.82, 2.24) is 20.3 Å². The maximum atomic E-state index is 5.84. The largest absolute Gasteiger partial charge is 0.344 e. The average Bonchev–Trinajstić information content (AvgIpc) is 3.45. The number of terminal acetylenes is 1. The Bertz CT molecular complexity index is 1450. The van der Waals surface area contributed by atoms with Crippen LogP contribution < -0.4 is 5.32 Å². The summed E-state index contributed by atoms with van der Waals surface area (Å²) in [7, 11) is 0. The zero-order chi connectivity index (χ0) is 27.8. The van der Waals surface area contributed by atoms with Gasteiger partial charge in [-0.25, -0.2) is 4.98 Å². The lowest BCUT2D eigenvalue weighted by atomic mass is 9.93. The number of piperidine rings is 1. The summed E-state index contributed by atoms with van der Waals surface area (Å²) in [6, 6.07) is 6.41. The topological polar surface area (TPSA) is 66.0 Å². The molecule has 2 N–H and O–H groups in total. The molecule has 1 saturated heterocycles. The molecule has 202 valence electrons. The Labute approximate surface area is 233 Å². The van der Waals surface area contributed by atoms with Crippen LogP contribution in [0.25, 0.3) is 33.4 Å². The Morgan fingerprint density at radius 1 is 1.21 bits per heavy atom. The van der Waals surface area contributed by atoms with E-state index >= 15 is 0 Å². The van der Waals surface area contributed by atoms with Crippen molar-refractivity contribution in [1.29, 1.82) is 0 Å². The first-order valence-corrected chi connectivity index (χ1v) is 14.2. The molecule has 0 amide bonds. The van der Waals surface area contributed by atoms with Crippen molar-refractivity contribution in [3.63, 3.8) is 0 Å². The first kappa shape index (κ1) is 28.3. The van der Waals surface area contributed by atoms with E-state index in [1.807, 2.05) is 13.1 Å². The fourth-order valence-corrected chi connectivity index (χ4v) is 5.23. The number of allylic oxidation sites excluding steroid dienone is 5. The number of nitrogens with one attached hydrogen (secondary N) is 2. The van der Waals surface area contributed by atoms with Gasteiger partial charge in [-0.3, -0.25) is 9.98 Å². The quantitative estimate of drug-likeness (QED) is 0.172. The number of aromatic nitrogens is 3. The molecule has 2 aromatic heterocycles. The normalized spacial score (nSPS) is 16.7. The maximum Gasteiger partial charge on any atom is 0.0933 e. The maximum absolute atomic E-state index is 5.84. The number of nitrogens with zero attached hydrogens (tertiary/aromatic N) is 3. The van der Waals surface area contributed by atoms with Crippen molar-refractivity contribution in [2.24, 2.45) is 16.8 Å². The van der Waals surface area contributed by atoms with E-state index in [-0.39, 0.29) is 5.92 Å². The number of imidazole rings is 1. The molecule has 0 aliphatic carbocycles. The van der Waals surface area contributed by atoms with Crippen LogP contribution in [0.1, 0.15) is 70.2 Å². The summed E-state index contributed by atoms with van der Waals surface area (Å²) < 4.78 is 0. The van der Waals surface area contributed by atoms with Crippen molar-refractivity contribution in [3.05, 3.63) is 71.8 Å². The van der Waals surface area contributed by atoms with Gasteiger partial charge in [-0.1, -0.05) is 50.1 Å².